The molecule has 2 aromatic carbocycles. The van der Waals surface area contributed by atoms with Crippen LogP contribution in [0.4, 0.5) is 0 Å². The van der Waals surface area contributed by atoms with Crippen molar-refractivity contribution in [2.24, 2.45) is 0 Å². The maximum Gasteiger partial charge on any atom is 0.222 e. The van der Waals surface area contributed by atoms with Gasteiger partial charge in [-0.2, -0.15) is 0 Å². The van der Waals surface area contributed by atoms with E-state index in [1.807, 2.05) is 11.9 Å². The first-order valence-corrected chi connectivity index (χ1v) is 15.0. The molecule has 1 aliphatic heterocycles. The summed E-state index contributed by atoms with van der Waals surface area (Å²) in [6.45, 7) is 4.88. The van der Waals surface area contributed by atoms with E-state index in [9.17, 15) is 4.79 Å². The van der Waals surface area contributed by atoms with Crippen molar-refractivity contribution in [3.63, 3.8) is 0 Å². The summed E-state index contributed by atoms with van der Waals surface area (Å²) in [6, 6.07) is 15.1. The lowest BCUT2D eigenvalue weighted by atomic mass is 9.92. The molecular formula is C32H44N2O5S. The first-order chi connectivity index (χ1) is 19.4. The molecule has 1 fully saturated rings. The molecule has 0 aliphatic carbocycles. The molecule has 0 saturated carbocycles. The van der Waals surface area contributed by atoms with E-state index in [1.165, 1.54) is 16.7 Å². The second-order valence-electron chi connectivity index (χ2n) is 10.2. The molecule has 1 aliphatic rings. The fourth-order valence-electron chi connectivity index (χ4n) is 4.81. The van der Waals surface area contributed by atoms with Crippen LogP contribution in [0.15, 0.2) is 42.5 Å². The van der Waals surface area contributed by atoms with Crippen LogP contribution >= 0.6 is 11.8 Å². The molecule has 1 saturated heterocycles. The number of methoxy groups -OCH3 is 2. The number of amides is 1. The van der Waals surface area contributed by atoms with Crippen LogP contribution in [0.25, 0.3) is 0 Å². The van der Waals surface area contributed by atoms with Gasteiger partial charge >= 0.3 is 0 Å². The lowest BCUT2D eigenvalue weighted by Crippen LogP contribution is -2.43. The van der Waals surface area contributed by atoms with Gasteiger partial charge in [0, 0.05) is 40.2 Å². The van der Waals surface area contributed by atoms with Crippen molar-refractivity contribution in [1.82, 2.24) is 10.2 Å². The van der Waals surface area contributed by atoms with Crippen LogP contribution in [0.5, 0.6) is 0 Å². The van der Waals surface area contributed by atoms with Gasteiger partial charge in [0.15, 0.2) is 0 Å². The Morgan fingerprint density at radius 2 is 1.88 bits per heavy atom. The molecule has 1 heterocycles. The Hall–Kier alpha value is -2.38. The zero-order valence-corrected chi connectivity index (χ0v) is 25.3. The molecule has 8 heteroatoms. The topological polar surface area (TPSA) is 69.3 Å². The zero-order valence-electron chi connectivity index (χ0n) is 24.5. The molecule has 0 radical (unpaired) electrons. The summed E-state index contributed by atoms with van der Waals surface area (Å²) < 4.78 is 23.7. The van der Waals surface area contributed by atoms with Gasteiger partial charge in [-0.15, -0.1) is 18.2 Å². The van der Waals surface area contributed by atoms with E-state index in [1.54, 1.807) is 26.0 Å². The largest absolute Gasteiger partial charge is 0.378 e. The Morgan fingerprint density at radius 1 is 1.15 bits per heavy atom. The van der Waals surface area contributed by atoms with Gasteiger partial charge in [-0.1, -0.05) is 48.4 Å². The third-order valence-corrected chi connectivity index (χ3v) is 8.14. The van der Waals surface area contributed by atoms with E-state index in [0.717, 1.165) is 30.5 Å². The number of thioether (sulfide) groups is 1. The van der Waals surface area contributed by atoms with Gasteiger partial charge in [0.1, 0.15) is 11.5 Å². The molecule has 4 atom stereocenters. The Morgan fingerprint density at radius 3 is 2.55 bits per heavy atom. The highest BCUT2D eigenvalue weighted by Crippen LogP contribution is 2.38. The van der Waals surface area contributed by atoms with E-state index in [0.29, 0.717) is 32.7 Å². The van der Waals surface area contributed by atoms with Crippen molar-refractivity contribution in [2.45, 2.75) is 56.5 Å². The van der Waals surface area contributed by atoms with E-state index in [2.05, 4.69) is 66.9 Å². The van der Waals surface area contributed by atoms with E-state index < -0.39 is 0 Å². The minimum absolute atomic E-state index is 0.0117. The Labute approximate surface area is 244 Å². The molecule has 218 valence electrons. The number of ether oxygens (including phenoxy) is 4. The number of nitrogens with one attached hydrogen (secondary N) is 1. The van der Waals surface area contributed by atoms with Gasteiger partial charge in [0.2, 0.25) is 5.91 Å². The molecule has 7 nitrogen and oxygen atoms in total. The van der Waals surface area contributed by atoms with Crippen LogP contribution in [0.2, 0.25) is 0 Å². The summed E-state index contributed by atoms with van der Waals surface area (Å²) in [4.78, 5) is 14.0. The van der Waals surface area contributed by atoms with Gasteiger partial charge in [-0.3, -0.25) is 9.69 Å². The minimum atomic E-state index is -0.135. The lowest BCUT2D eigenvalue weighted by molar-refractivity contribution is -0.158. The standard InChI is InChI=1S/C32H44N2O5S/c1-7-16-34(3)17-15-33-30(35)14-18-38-22-25-11-9-24(10-12-25)19-27-20-26(13-8-23(27)2)31-28(36-4)21-29(37-5)32(39-31)40-6/h1,8-13,20,28-29,31-32H,14-19,21-22H2,2-6H3,(H,33,35)/t28-,29+,31+,32-/m1/s1. The number of carbonyl (C=O) groups excluding carboxylic acids is 1. The number of aryl methyl sites for hydroxylation is 1. The third kappa shape index (κ3) is 9.62. The highest BCUT2D eigenvalue weighted by atomic mass is 32.2. The van der Waals surface area contributed by atoms with Crippen molar-refractivity contribution in [2.75, 3.05) is 53.8 Å². The van der Waals surface area contributed by atoms with Crippen LogP contribution in [0, 0.1) is 19.3 Å². The summed E-state index contributed by atoms with van der Waals surface area (Å²) >= 11 is 1.67. The highest BCUT2D eigenvalue weighted by molar-refractivity contribution is 7.99. The third-order valence-electron chi connectivity index (χ3n) is 7.26. The molecule has 3 rings (SSSR count). The average molecular weight is 569 g/mol. The molecule has 2 aromatic rings. The molecule has 0 bridgehead atoms. The molecule has 0 spiro atoms. The SMILES string of the molecule is C#CCN(C)CCNC(=O)CCOCc1ccc(Cc2cc([C@@H]3O[C@H](SC)[C@@H](OC)C[C@H]3OC)ccc2C)cc1. The van der Waals surface area contributed by atoms with Crippen molar-refractivity contribution in [3.8, 4) is 12.3 Å². The number of hydrogen-bond donors (Lipinski definition) is 1. The molecular weight excluding hydrogens is 524 g/mol. The van der Waals surface area contributed by atoms with Gasteiger partial charge in [-0.05, 0) is 54.5 Å². The van der Waals surface area contributed by atoms with Crippen LogP contribution in [-0.2, 0) is 36.8 Å². The predicted octanol–water partition coefficient (Wildman–Crippen LogP) is 4.35. The van der Waals surface area contributed by atoms with Crippen molar-refractivity contribution in [1.29, 1.82) is 0 Å². The predicted molar refractivity (Wildman–Crippen MR) is 161 cm³/mol. The van der Waals surface area contributed by atoms with Gasteiger partial charge in [0.05, 0.1) is 32.0 Å². The lowest BCUT2D eigenvalue weighted by Gasteiger charge is -2.40. The normalized spacial score (nSPS) is 20.8. The van der Waals surface area contributed by atoms with E-state index in [4.69, 9.17) is 25.4 Å². The fourth-order valence-corrected chi connectivity index (χ4v) is 5.56. The summed E-state index contributed by atoms with van der Waals surface area (Å²) in [5.41, 5.74) is 5.94. The maximum absolute atomic E-state index is 12.0. The monoisotopic (exact) mass is 568 g/mol. The van der Waals surface area contributed by atoms with Crippen LogP contribution in [-0.4, -0.2) is 82.2 Å². The van der Waals surface area contributed by atoms with Crippen LogP contribution < -0.4 is 5.32 Å². The number of rotatable bonds is 15. The van der Waals surface area contributed by atoms with E-state index in [-0.39, 0.29) is 29.7 Å². The number of nitrogens with zero attached hydrogens (tertiary/aromatic N) is 1. The zero-order chi connectivity index (χ0) is 28.9. The average Bonchev–Trinajstić information content (AvgIpc) is 2.96. The first kappa shape index (κ1) is 32.1. The number of benzene rings is 2. The van der Waals surface area contributed by atoms with E-state index >= 15 is 0 Å². The second-order valence-corrected chi connectivity index (χ2v) is 11.2. The smallest absolute Gasteiger partial charge is 0.222 e. The molecule has 40 heavy (non-hydrogen) atoms. The van der Waals surface area contributed by atoms with Crippen LogP contribution in [0.3, 0.4) is 0 Å². The summed E-state index contributed by atoms with van der Waals surface area (Å²) in [5, 5.41) is 2.90. The minimum Gasteiger partial charge on any atom is -0.378 e. The Balaban J connectivity index is 1.50. The Bertz CT molecular complexity index is 1100. The fraction of sp³-hybridized carbons (Fsp3) is 0.531. The Kier molecular flexibility index (Phi) is 13.5. The first-order valence-electron chi connectivity index (χ1n) is 13.8. The summed E-state index contributed by atoms with van der Waals surface area (Å²) in [7, 11) is 5.40. The molecule has 1 amide bonds. The van der Waals surface area contributed by atoms with Gasteiger partial charge in [-0.25, -0.2) is 0 Å². The number of carbonyl (C=O) groups is 1. The summed E-state index contributed by atoms with van der Waals surface area (Å²) in [6.07, 6.45) is 9.12. The van der Waals surface area contributed by atoms with Crippen molar-refractivity contribution >= 4 is 17.7 Å². The van der Waals surface area contributed by atoms with Crippen LogP contribution in [0.1, 0.15) is 46.8 Å². The maximum atomic E-state index is 12.0. The number of hydrogen-bond acceptors (Lipinski definition) is 7. The second kappa shape index (κ2) is 16.8. The summed E-state index contributed by atoms with van der Waals surface area (Å²) in [5.74, 6) is 2.57. The van der Waals surface area contributed by atoms with Crippen molar-refractivity contribution < 1.29 is 23.7 Å². The van der Waals surface area contributed by atoms with Crippen molar-refractivity contribution in [3.05, 3.63) is 70.3 Å². The van der Waals surface area contributed by atoms with Gasteiger partial charge in [0.25, 0.3) is 0 Å². The molecule has 1 N–H and O–H groups in total. The van der Waals surface area contributed by atoms with Gasteiger partial charge < -0.3 is 24.3 Å². The number of terminal acetylenes is 1. The molecule has 0 aromatic heterocycles. The number of likely N-dealkylation sites (N-methyl/N-ethyl adjacent to an activating group) is 1. The highest BCUT2D eigenvalue weighted by Gasteiger charge is 2.39. The molecule has 0 unspecified atom stereocenters. The quantitative estimate of drug-likeness (QED) is 0.253.